The quantitative estimate of drug-likeness (QED) is 0.0195. The Kier molecular flexibility index (Phi) is 70.3. The van der Waals surface area contributed by atoms with Crippen LogP contribution in [-0.2, 0) is 33.3 Å². The first-order valence-electron chi connectivity index (χ1n) is 39.6. The van der Waals surface area contributed by atoms with Gasteiger partial charge in [-0.25, -0.2) is 0 Å². The number of carboxylic acid groups (broad SMARTS) is 1. The highest BCUT2D eigenvalue weighted by Crippen LogP contribution is 2.20. The lowest BCUT2D eigenvalue weighted by Gasteiger charge is -2.26. The Balaban J connectivity index is 3.97. The van der Waals surface area contributed by atoms with Crippen molar-refractivity contribution in [3.8, 4) is 0 Å². The van der Waals surface area contributed by atoms with Crippen molar-refractivity contribution >= 4 is 17.9 Å². The molecule has 0 spiro atoms. The Morgan fingerprint density at radius 3 is 0.889 bits per heavy atom. The first-order chi connectivity index (χ1) is 44.1. The van der Waals surface area contributed by atoms with Gasteiger partial charge in [-0.2, -0.15) is 0 Å². The van der Waals surface area contributed by atoms with Crippen molar-refractivity contribution in [2.24, 2.45) is 0 Å². The van der Waals surface area contributed by atoms with Crippen LogP contribution >= 0.6 is 0 Å². The number of ether oxygens (including phenoxy) is 4. The fourth-order valence-electron chi connectivity index (χ4n) is 12.1. The Hall–Kier alpha value is -2.49. The van der Waals surface area contributed by atoms with Crippen molar-refractivity contribution in [2.45, 2.75) is 418 Å². The molecule has 9 nitrogen and oxygen atoms in total. The van der Waals surface area contributed by atoms with Gasteiger partial charge >= 0.3 is 11.9 Å². The molecule has 0 N–H and O–H groups in total. The summed E-state index contributed by atoms with van der Waals surface area (Å²) in [6.07, 6.45) is 89.8. The molecule has 0 saturated heterocycles. The Morgan fingerprint density at radius 1 is 0.333 bits per heavy atom. The third kappa shape index (κ3) is 72.9. The first-order valence-corrected chi connectivity index (χ1v) is 39.6. The molecule has 0 aliphatic heterocycles. The third-order valence-corrected chi connectivity index (χ3v) is 18.1. The number of nitrogens with zero attached hydrogens (tertiary/aromatic N) is 1. The molecule has 0 bridgehead atoms. The topological polar surface area (TPSA) is 111 Å². The minimum Gasteiger partial charge on any atom is -0.545 e. The monoisotopic (exact) mass is 1270 g/mol. The van der Waals surface area contributed by atoms with Crippen LogP contribution in [0.5, 0.6) is 0 Å². The van der Waals surface area contributed by atoms with Crippen LogP contribution in [0.25, 0.3) is 0 Å². The second-order valence-corrected chi connectivity index (χ2v) is 28.4. The molecule has 0 heterocycles. The van der Waals surface area contributed by atoms with E-state index in [1.54, 1.807) is 0 Å². The summed E-state index contributed by atoms with van der Waals surface area (Å²) in [6.45, 7) is 4.82. The van der Waals surface area contributed by atoms with E-state index < -0.39 is 24.3 Å². The van der Waals surface area contributed by atoms with Crippen molar-refractivity contribution in [1.29, 1.82) is 0 Å². The SMILES string of the molecule is CCCCCCC/C=C\C/C=C\C/C=C\CCCCCCCCCCCCCCCCCCCCCCCCC(=O)OC(COC(=O)CCCCCCCCCCCCCCCCCCCCCCCCCCCCCC)COC(OCC[N+](C)(C)C)C(=O)[O-]. The van der Waals surface area contributed by atoms with Crippen LogP contribution in [0.4, 0.5) is 0 Å². The van der Waals surface area contributed by atoms with Gasteiger partial charge in [0.25, 0.3) is 0 Å². The van der Waals surface area contributed by atoms with Crippen LogP contribution in [0.15, 0.2) is 36.5 Å². The van der Waals surface area contributed by atoms with E-state index in [4.69, 9.17) is 18.9 Å². The summed E-state index contributed by atoms with van der Waals surface area (Å²) in [7, 11) is 5.95. The number of likely N-dealkylation sites (N-methyl/N-ethyl adjacent to an activating group) is 1. The Bertz CT molecular complexity index is 1570. The van der Waals surface area contributed by atoms with Gasteiger partial charge in [0.1, 0.15) is 13.2 Å². The van der Waals surface area contributed by atoms with E-state index in [-0.39, 0.29) is 32.2 Å². The molecule has 90 heavy (non-hydrogen) atoms. The fraction of sp³-hybridized carbons (Fsp3) is 0.889. The zero-order valence-corrected chi connectivity index (χ0v) is 60.8. The number of rotatable bonds is 75. The highest BCUT2D eigenvalue weighted by atomic mass is 16.7. The van der Waals surface area contributed by atoms with Crippen LogP contribution in [0.2, 0.25) is 0 Å². The van der Waals surface area contributed by atoms with Crippen LogP contribution in [0.3, 0.4) is 0 Å². The maximum atomic E-state index is 13.0. The average Bonchev–Trinajstić information content (AvgIpc) is 3.74. The van der Waals surface area contributed by atoms with Crippen LogP contribution in [0.1, 0.15) is 406 Å². The van der Waals surface area contributed by atoms with Gasteiger partial charge in [-0.3, -0.25) is 9.59 Å². The van der Waals surface area contributed by atoms with Crippen LogP contribution in [0, 0.1) is 0 Å². The Labute approximate surface area is 560 Å². The molecular formula is C81H153NO8. The van der Waals surface area contributed by atoms with Gasteiger partial charge in [-0.15, -0.1) is 0 Å². The van der Waals surface area contributed by atoms with E-state index in [1.165, 1.54) is 327 Å². The first kappa shape index (κ1) is 87.5. The van der Waals surface area contributed by atoms with E-state index in [0.717, 1.165) is 51.4 Å². The predicted molar refractivity (Wildman–Crippen MR) is 385 cm³/mol. The maximum absolute atomic E-state index is 13.0. The van der Waals surface area contributed by atoms with Crippen molar-refractivity contribution in [1.82, 2.24) is 0 Å². The zero-order valence-electron chi connectivity index (χ0n) is 60.8. The number of allylic oxidation sites excluding steroid dienone is 6. The molecule has 0 fully saturated rings. The van der Waals surface area contributed by atoms with Gasteiger partial charge in [0.2, 0.25) is 0 Å². The number of hydrogen-bond donors (Lipinski definition) is 0. The molecule has 9 heteroatoms. The van der Waals surface area contributed by atoms with Crippen molar-refractivity contribution in [3.05, 3.63) is 36.5 Å². The maximum Gasteiger partial charge on any atom is 0.306 e. The third-order valence-electron chi connectivity index (χ3n) is 18.1. The van der Waals surface area contributed by atoms with Gasteiger partial charge in [0.05, 0.1) is 40.3 Å². The minimum atomic E-state index is -1.62. The summed E-state index contributed by atoms with van der Waals surface area (Å²) in [4.78, 5) is 37.6. The summed E-state index contributed by atoms with van der Waals surface area (Å²) < 4.78 is 22.9. The van der Waals surface area contributed by atoms with E-state index >= 15 is 0 Å². The number of unbranched alkanes of at least 4 members (excludes halogenated alkanes) is 54. The largest absolute Gasteiger partial charge is 0.545 e. The summed E-state index contributed by atoms with van der Waals surface area (Å²) >= 11 is 0. The van der Waals surface area contributed by atoms with E-state index in [0.29, 0.717) is 17.4 Å². The lowest BCUT2D eigenvalue weighted by atomic mass is 10.0. The second-order valence-electron chi connectivity index (χ2n) is 28.4. The van der Waals surface area contributed by atoms with Gasteiger partial charge in [0.15, 0.2) is 12.4 Å². The van der Waals surface area contributed by atoms with Crippen molar-refractivity contribution in [3.63, 3.8) is 0 Å². The molecule has 0 rings (SSSR count). The molecule has 530 valence electrons. The van der Waals surface area contributed by atoms with Gasteiger partial charge in [-0.1, -0.05) is 378 Å². The fourth-order valence-corrected chi connectivity index (χ4v) is 12.1. The second kappa shape index (κ2) is 72.3. The number of quaternary nitrogens is 1. The predicted octanol–water partition coefficient (Wildman–Crippen LogP) is 23.8. The standard InChI is InChI=1S/C81H153NO8/c1-6-8-10-12-14-16-18-20-22-24-26-28-30-32-34-36-37-38-39-40-41-42-43-44-46-48-50-52-54-56-58-60-62-64-66-68-70-72-79(84)90-77(76-89-81(80(85)86)87-74-73-82(3,4)5)75-88-78(83)71-69-67-65-63-61-59-57-55-53-51-49-47-45-35-33-31-29-27-25-23-21-19-17-15-13-11-9-7-2/h18,20,24,26,30,32,77,81H,6-17,19,21-23,25,27-29,31,33-76H2,1-5H3/b20-18-,26-24-,32-30-. The lowest BCUT2D eigenvalue weighted by molar-refractivity contribution is -0.870. The van der Waals surface area contributed by atoms with E-state index in [1.807, 2.05) is 21.1 Å². The molecule has 0 aliphatic carbocycles. The molecule has 0 aliphatic rings. The number of carboxylic acids is 1. The van der Waals surface area contributed by atoms with E-state index in [2.05, 4.69) is 50.3 Å². The van der Waals surface area contributed by atoms with Crippen LogP contribution in [-0.4, -0.2) is 82.3 Å². The molecule has 0 aromatic carbocycles. The van der Waals surface area contributed by atoms with E-state index in [9.17, 15) is 19.5 Å². The number of esters is 2. The smallest absolute Gasteiger partial charge is 0.306 e. The molecule has 2 atom stereocenters. The molecular weight excluding hydrogens is 1110 g/mol. The highest BCUT2D eigenvalue weighted by Gasteiger charge is 2.22. The number of hydrogen-bond acceptors (Lipinski definition) is 8. The van der Waals surface area contributed by atoms with Gasteiger partial charge in [0, 0.05) is 12.8 Å². The summed E-state index contributed by atoms with van der Waals surface area (Å²) in [6, 6.07) is 0. The summed E-state index contributed by atoms with van der Waals surface area (Å²) in [5.41, 5.74) is 0. The lowest BCUT2D eigenvalue weighted by Crippen LogP contribution is -2.44. The minimum absolute atomic E-state index is 0.152. The number of carbonyl (C=O) groups is 3. The van der Waals surface area contributed by atoms with Gasteiger partial charge in [-0.05, 0) is 51.4 Å². The zero-order chi connectivity index (χ0) is 65.4. The molecule has 0 saturated carbocycles. The molecule has 0 aromatic rings. The summed E-state index contributed by atoms with van der Waals surface area (Å²) in [5.74, 6) is -2.25. The number of aliphatic carboxylic acids is 1. The molecule has 0 aromatic heterocycles. The molecule has 2 unspecified atom stereocenters. The molecule has 0 radical (unpaired) electrons. The van der Waals surface area contributed by atoms with Crippen molar-refractivity contribution in [2.75, 3.05) is 47.5 Å². The van der Waals surface area contributed by atoms with Crippen molar-refractivity contribution < 1.29 is 42.9 Å². The normalized spacial score (nSPS) is 12.8. The van der Waals surface area contributed by atoms with Gasteiger partial charge < -0.3 is 33.3 Å². The Morgan fingerprint density at radius 2 is 0.600 bits per heavy atom. The molecule has 0 amide bonds. The summed E-state index contributed by atoms with van der Waals surface area (Å²) in [5, 5.41) is 11.9. The van der Waals surface area contributed by atoms with Crippen LogP contribution < -0.4 is 5.11 Å². The number of carbonyl (C=O) groups excluding carboxylic acids is 3. The highest BCUT2D eigenvalue weighted by molar-refractivity contribution is 5.70. The average molecular weight is 1270 g/mol.